The first-order chi connectivity index (χ1) is 9.60. The smallest absolute Gasteiger partial charge is 0.254 e. The van der Waals surface area contributed by atoms with Gasteiger partial charge in [0.2, 0.25) is 0 Å². The van der Waals surface area contributed by atoms with Crippen LogP contribution in [0.2, 0.25) is 5.02 Å². The summed E-state index contributed by atoms with van der Waals surface area (Å²) in [5.74, 6) is 0.0748. The van der Waals surface area contributed by atoms with Crippen molar-refractivity contribution in [1.29, 1.82) is 0 Å². The topological polar surface area (TPSA) is 32.3 Å². The van der Waals surface area contributed by atoms with Crippen LogP contribution in [-0.2, 0) is 0 Å². The lowest BCUT2D eigenvalue weighted by atomic mass is 9.93. The number of halogens is 3. The number of nitrogens with zero attached hydrogens (tertiary/aromatic N) is 1. The van der Waals surface area contributed by atoms with Crippen molar-refractivity contribution >= 4 is 29.9 Å². The number of hydrogen-bond donors (Lipinski definition) is 1. The summed E-state index contributed by atoms with van der Waals surface area (Å²) < 4.78 is 13.3. The van der Waals surface area contributed by atoms with Crippen molar-refractivity contribution in [2.75, 3.05) is 26.7 Å². The SMILES string of the molecule is CNCCC1CCN(C(=O)c2cc(F)cc(Cl)c2)CC1.Cl. The Labute approximate surface area is 136 Å². The summed E-state index contributed by atoms with van der Waals surface area (Å²) in [6, 6.07) is 3.99. The fourth-order valence-corrected chi connectivity index (χ4v) is 2.85. The minimum Gasteiger partial charge on any atom is -0.339 e. The monoisotopic (exact) mass is 334 g/mol. The van der Waals surface area contributed by atoms with Crippen molar-refractivity contribution in [3.8, 4) is 0 Å². The number of nitrogens with one attached hydrogen (secondary N) is 1. The predicted octanol–water partition coefficient (Wildman–Crippen LogP) is 3.36. The van der Waals surface area contributed by atoms with Gasteiger partial charge in [-0.15, -0.1) is 12.4 Å². The predicted molar refractivity (Wildman–Crippen MR) is 85.8 cm³/mol. The van der Waals surface area contributed by atoms with Crippen molar-refractivity contribution in [3.05, 3.63) is 34.6 Å². The Kier molecular flexibility index (Phi) is 7.43. The summed E-state index contributed by atoms with van der Waals surface area (Å²) in [5, 5.41) is 3.41. The van der Waals surface area contributed by atoms with Gasteiger partial charge in [0.05, 0.1) is 0 Å². The van der Waals surface area contributed by atoms with Gasteiger partial charge in [-0.2, -0.15) is 0 Å². The Hall–Kier alpha value is -0.840. The molecule has 0 atom stereocenters. The van der Waals surface area contributed by atoms with E-state index in [1.54, 1.807) is 4.90 Å². The van der Waals surface area contributed by atoms with Gasteiger partial charge in [-0.1, -0.05) is 11.6 Å². The number of hydrogen-bond acceptors (Lipinski definition) is 2. The molecule has 0 radical (unpaired) electrons. The van der Waals surface area contributed by atoms with Gasteiger partial charge in [0, 0.05) is 23.7 Å². The lowest BCUT2D eigenvalue weighted by molar-refractivity contribution is 0.0686. The van der Waals surface area contributed by atoms with Crippen LogP contribution in [0.1, 0.15) is 29.6 Å². The van der Waals surface area contributed by atoms with E-state index in [4.69, 9.17) is 11.6 Å². The molecule has 3 nitrogen and oxygen atoms in total. The van der Waals surface area contributed by atoms with E-state index < -0.39 is 5.82 Å². The van der Waals surface area contributed by atoms with Crippen LogP contribution in [0.5, 0.6) is 0 Å². The fourth-order valence-electron chi connectivity index (χ4n) is 2.63. The molecule has 6 heteroatoms. The summed E-state index contributed by atoms with van der Waals surface area (Å²) in [6.07, 6.45) is 3.16. The van der Waals surface area contributed by atoms with Gasteiger partial charge in [-0.3, -0.25) is 4.79 Å². The Morgan fingerprint density at radius 2 is 2.05 bits per heavy atom. The third kappa shape index (κ3) is 5.13. The molecule has 0 saturated carbocycles. The first kappa shape index (κ1) is 18.2. The van der Waals surface area contributed by atoms with Crippen LogP contribution in [0.15, 0.2) is 18.2 Å². The van der Waals surface area contributed by atoms with Crippen LogP contribution < -0.4 is 5.32 Å². The van der Waals surface area contributed by atoms with Gasteiger partial charge in [-0.25, -0.2) is 4.39 Å². The molecule has 1 fully saturated rings. The molecule has 1 N–H and O–H groups in total. The maximum atomic E-state index is 13.3. The zero-order valence-corrected chi connectivity index (χ0v) is 13.6. The van der Waals surface area contributed by atoms with Crippen molar-refractivity contribution in [2.24, 2.45) is 5.92 Å². The van der Waals surface area contributed by atoms with E-state index in [2.05, 4.69) is 5.32 Å². The van der Waals surface area contributed by atoms with Crippen molar-refractivity contribution in [1.82, 2.24) is 10.2 Å². The van der Waals surface area contributed by atoms with Crippen molar-refractivity contribution < 1.29 is 9.18 Å². The molecule has 0 bridgehead atoms. The zero-order chi connectivity index (χ0) is 14.5. The molecule has 1 aliphatic rings. The highest BCUT2D eigenvalue weighted by Crippen LogP contribution is 2.22. The number of benzene rings is 1. The number of carbonyl (C=O) groups is 1. The van der Waals surface area contributed by atoms with Gasteiger partial charge < -0.3 is 10.2 Å². The first-order valence-electron chi connectivity index (χ1n) is 7.00. The Balaban J connectivity index is 0.00000220. The number of amides is 1. The van der Waals surface area contributed by atoms with E-state index in [9.17, 15) is 9.18 Å². The van der Waals surface area contributed by atoms with E-state index in [0.717, 1.165) is 38.9 Å². The van der Waals surface area contributed by atoms with Crippen molar-refractivity contribution in [3.63, 3.8) is 0 Å². The summed E-state index contributed by atoms with van der Waals surface area (Å²) >= 11 is 5.80. The Bertz CT molecular complexity index is 456. The zero-order valence-electron chi connectivity index (χ0n) is 12.1. The molecule has 0 spiro atoms. The molecule has 118 valence electrons. The van der Waals surface area contributed by atoms with Gasteiger partial charge in [0.25, 0.3) is 5.91 Å². The fraction of sp³-hybridized carbons (Fsp3) is 0.533. The van der Waals surface area contributed by atoms with Gasteiger partial charge in [0.15, 0.2) is 0 Å². The number of carbonyl (C=O) groups excluding carboxylic acids is 1. The van der Waals surface area contributed by atoms with E-state index in [1.165, 1.54) is 18.2 Å². The van der Waals surface area contributed by atoms with E-state index in [1.807, 2.05) is 7.05 Å². The summed E-state index contributed by atoms with van der Waals surface area (Å²) in [6.45, 7) is 2.49. The summed E-state index contributed by atoms with van der Waals surface area (Å²) in [4.78, 5) is 14.1. The molecule has 0 unspecified atom stereocenters. The molecule has 21 heavy (non-hydrogen) atoms. The molecule has 0 aromatic heterocycles. The highest BCUT2D eigenvalue weighted by atomic mass is 35.5. The average Bonchev–Trinajstić information content (AvgIpc) is 2.44. The first-order valence-corrected chi connectivity index (χ1v) is 7.38. The third-order valence-corrected chi connectivity index (χ3v) is 4.03. The largest absolute Gasteiger partial charge is 0.339 e. The minimum absolute atomic E-state index is 0. The van der Waals surface area contributed by atoms with Gasteiger partial charge in [-0.05, 0) is 57.0 Å². The molecule has 1 aromatic carbocycles. The molecule has 1 heterocycles. The molecule has 1 aromatic rings. The minimum atomic E-state index is -0.468. The standard InChI is InChI=1S/C15H20ClFN2O.ClH/c1-18-5-2-11-3-6-19(7-4-11)15(20)12-8-13(16)10-14(17)9-12;/h8-11,18H,2-7H2,1H3;1H. The lowest BCUT2D eigenvalue weighted by Crippen LogP contribution is -2.39. The van der Waals surface area contributed by atoms with Crippen LogP contribution in [-0.4, -0.2) is 37.5 Å². The second-order valence-corrected chi connectivity index (χ2v) is 5.72. The van der Waals surface area contributed by atoms with E-state index in [0.29, 0.717) is 11.5 Å². The van der Waals surface area contributed by atoms with Crippen LogP contribution in [0, 0.1) is 11.7 Å². The van der Waals surface area contributed by atoms with Crippen LogP contribution in [0.4, 0.5) is 4.39 Å². The van der Waals surface area contributed by atoms with E-state index in [-0.39, 0.29) is 23.3 Å². The van der Waals surface area contributed by atoms with Gasteiger partial charge in [0.1, 0.15) is 5.82 Å². The Morgan fingerprint density at radius 1 is 1.38 bits per heavy atom. The maximum absolute atomic E-state index is 13.3. The highest BCUT2D eigenvalue weighted by molar-refractivity contribution is 6.31. The van der Waals surface area contributed by atoms with Crippen LogP contribution in [0.3, 0.4) is 0 Å². The van der Waals surface area contributed by atoms with Crippen molar-refractivity contribution in [2.45, 2.75) is 19.3 Å². The number of likely N-dealkylation sites (tertiary alicyclic amines) is 1. The van der Waals surface area contributed by atoms with Crippen LogP contribution in [0.25, 0.3) is 0 Å². The molecular formula is C15H21Cl2FN2O. The highest BCUT2D eigenvalue weighted by Gasteiger charge is 2.23. The third-order valence-electron chi connectivity index (χ3n) is 3.81. The molecular weight excluding hydrogens is 314 g/mol. The number of piperidine rings is 1. The molecule has 0 aliphatic carbocycles. The van der Waals surface area contributed by atoms with Gasteiger partial charge >= 0.3 is 0 Å². The molecule has 2 rings (SSSR count). The summed E-state index contributed by atoms with van der Waals surface area (Å²) in [5.41, 5.74) is 0.337. The molecule has 1 aliphatic heterocycles. The average molecular weight is 335 g/mol. The lowest BCUT2D eigenvalue weighted by Gasteiger charge is -2.32. The maximum Gasteiger partial charge on any atom is 0.254 e. The van der Waals surface area contributed by atoms with Crippen LogP contribution >= 0.6 is 24.0 Å². The van der Waals surface area contributed by atoms with E-state index >= 15 is 0 Å². The quantitative estimate of drug-likeness (QED) is 0.915. The second-order valence-electron chi connectivity index (χ2n) is 5.29. The normalized spacial score (nSPS) is 15.7. The Morgan fingerprint density at radius 3 is 2.62 bits per heavy atom. The second kappa shape index (κ2) is 8.57. The summed E-state index contributed by atoms with van der Waals surface area (Å²) in [7, 11) is 1.95. The molecule has 1 saturated heterocycles. The number of rotatable bonds is 4. The molecule has 1 amide bonds.